The fourth-order valence-corrected chi connectivity index (χ4v) is 5.12. The summed E-state index contributed by atoms with van der Waals surface area (Å²) in [6.45, 7) is 2.72. The molecule has 0 aromatic heterocycles. The van der Waals surface area contributed by atoms with Crippen molar-refractivity contribution in [2.45, 2.75) is 37.4 Å². The van der Waals surface area contributed by atoms with Crippen molar-refractivity contribution in [1.82, 2.24) is 4.90 Å². The molecule has 1 unspecified atom stereocenters. The van der Waals surface area contributed by atoms with Crippen molar-refractivity contribution in [2.75, 3.05) is 19.6 Å². The molecule has 178 valence electrons. The summed E-state index contributed by atoms with van der Waals surface area (Å²) in [5.41, 5.74) is 1.85. The molecule has 0 radical (unpaired) electrons. The van der Waals surface area contributed by atoms with E-state index in [1.807, 2.05) is 60.7 Å². The first-order valence-electron chi connectivity index (χ1n) is 12.1. The second-order valence-electron chi connectivity index (χ2n) is 9.20. The Morgan fingerprint density at radius 3 is 1.91 bits per heavy atom. The average Bonchev–Trinajstić information content (AvgIpc) is 2.89. The molecular weight excluding hydrogens is 426 g/mol. The van der Waals surface area contributed by atoms with Crippen molar-refractivity contribution in [1.29, 1.82) is 0 Å². The number of aliphatic hydroxyl groups is 2. The predicted molar refractivity (Wildman–Crippen MR) is 133 cm³/mol. The van der Waals surface area contributed by atoms with Crippen LogP contribution in [0.25, 0.3) is 0 Å². The first-order valence-corrected chi connectivity index (χ1v) is 12.1. The summed E-state index contributed by atoms with van der Waals surface area (Å²) in [4.78, 5) is 13.4. The van der Waals surface area contributed by atoms with E-state index < -0.39 is 17.7 Å². The highest BCUT2D eigenvalue weighted by Gasteiger charge is 2.41. The summed E-state index contributed by atoms with van der Waals surface area (Å²) in [7, 11) is 0. The van der Waals surface area contributed by atoms with Crippen LogP contribution in [0.1, 0.15) is 58.8 Å². The second-order valence-corrected chi connectivity index (χ2v) is 9.20. The van der Waals surface area contributed by atoms with Gasteiger partial charge in [0.15, 0.2) is 0 Å². The average molecular weight is 460 g/mol. The molecule has 5 heteroatoms. The predicted octanol–water partition coefficient (Wildman–Crippen LogP) is 4.85. The van der Waals surface area contributed by atoms with Gasteiger partial charge in [0, 0.05) is 0 Å². The van der Waals surface area contributed by atoms with Gasteiger partial charge in [-0.25, -0.2) is 4.79 Å². The zero-order valence-corrected chi connectivity index (χ0v) is 19.4. The number of carboxylic acid groups (broad SMARTS) is 1. The standard InChI is InChI=1S/C29H33NO4/c31-27(22-13-15-23(16-14-22)28(32)33)12-7-19-30-20-17-26(18-21-30)29(34,24-8-3-1-4-9-24)25-10-5-2-6-11-25/h1-6,8-11,13-16,26-27,31,34H,7,12,17-21H2,(H,32,33). The van der Waals surface area contributed by atoms with Gasteiger partial charge in [0.05, 0.1) is 11.7 Å². The highest BCUT2D eigenvalue weighted by Crippen LogP contribution is 2.41. The van der Waals surface area contributed by atoms with Gasteiger partial charge in [-0.3, -0.25) is 0 Å². The molecule has 1 aliphatic heterocycles. The van der Waals surface area contributed by atoms with Gasteiger partial charge in [-0.2, -0.15) is 0 Å². The molecule has 0 bridgehead atoms. The number of hydrogen-bond acceptors (Lipinski definition) is 4. The number of likely N-dealkylation sites (tertiary alicyclic amines) is 1. The van der Waals surface area contributed by atoms with Crippen molar-refractivity contribution in [3.63, 3.8) is 0 Å². The second kappa shape index (κ2) is 11.0. The number of rotatable bonds is 9. The van der Waals surface area contributed by atoms with Crippen LogP contribution in [-0.2, 0) is 5.60 Å². The monoisotopic (exact) mass is 459 g/mol. The molecule has 1 fully saturated rings. The number of benzene rings is 3. The van der Waals surface area contributed by atoms with Gasteiger partial charge in [-0.05, 0) is 80.1 Å². The number of piperidine rings is 1. The molecule has 0 amide bonds. The maximum atomic E-state index is 12.0. The minimum absolute atomic E-state index is 0.131. The number of aliphatic hydroxyl groups excluding tert-OH is 1. The van der Waals surface area contributed by atoms with Crippen LogP contribution in [0.3, 0.4) is 0 Å². The van der Waals surface area contributed by atoms with Crippen molar-refractivity contribution in [2.24, 2.45) is 5.92 Å². The lowest BCUT2D eigenvalue weighted by Crippen LogP contribution is -2.44. The fourth-order valence-electron chi connectivity index (χ4n) is 5.12. The minimum Gasteiger partial charge on any atom is -0.478 e. The van der Waals surface area contributed by atoms with Crippen LogP contribution in [-0.4, -0.2) is 45.8 Å². The third-order valence-electron chi connectivity index (χ3n) is 7.10. The zero-order chi connectivity index (χ0) is 24.0. The Balaban J connectivity index is 1.33. The Kier molecular flexibility index (Phi) is 7.78. The van der Waals surface area contributed by atoms with Crippen LogP contribution in [0.5, 0.6) is 0 Å². The molecule has 3 aromatic carbocycles. The molecule has 3 N–H and O–H groups in total. The molecule has 4 rings (SSSR count). The van der Waals surface area contributed by atoms with E-state index in [4.69, 9.17) is 5.11 Å². The molecule has 0 saturated carbocycles. The minimum atomic E-state index is -1.01. The number of hydrogen-bond donors (Lipinski definition) is 3. The summed E-state index contributed by atoms with van der Waals surface area (Å²) in [5, 5.41) is 31.5. The third-order valence-corrected chi connectivity index (χ3v) is 7.10. The molecule has 0 spiro atoms. The number of aromatic carboxylic acids is 1. The van der Waals surface area contributed by atoms with E-state index in [-0.39, 0.29) is 11.5 Å². The van der Waals surface area contributed by atoms with E-state index in [1.165, 1.54) is 12.1 Å². The van der Waals surface area contributed by atoms with Crippen molar-refractivity contribution in [3.8, 4) is 0 Å². The number of carbonyl (C=O) groups is 1. The molecule has 1 aliphatic rings. The summed E-state index contributed by atoms with van der Waals surface area (Å²) in [6.07, 6.45) is 2.69. The molecule has 1 atom stereocenters. The zero-order valence-electron chi connectivity index (χ0n) is 19.4. The van der Waals surface area contributed by atoms with Gasteiger partial charge in [0.2, 0.25) is 0 Å². The highest BCUT2D eigenvalue weighted by molar-refractivity contribution is 5.87. The molecule has 34 heavy (non-hydrogen) atoms. The van der Waals surface area contributed by atoms with Crippen molar-refractivity contribution < 1.29 is 20.1 Å². The van der Waals surface area contributed by atoms with E-state index in [0.29, 0.717) is 6.42 Å². The van der Waals surface area contributed by atoms with Crippen LogP contribution < -0.4 is 0 Å². The van der Waals surface area contributed by atoms with Crippen LogP contribution in [0.15, 0.2) is 84.9 Å². The normalized spacial score (nSPS) is 16.3. The topological polar surface area (TPSA) is 81.0 Å². The number of carboxylic acids is 1. The van der Waals surface area contributed by atoms with Gasteiger partial charge in [-0.15, -0.1) is 0 Å². The number of nitrogens with zero attached hydrogens (tertiary/aromatic N) is 1. The van der Waals surface area contributed by atoms with Crippen molar-refractivity contribution >= 4 is 5.97 Å². The molecule has 3 aromatic rings. The summed E-state index contributed by atoms with van der Waals surface area (Å²) in [5.74, 6) is -0.831. The Labute approximate surface area is 201 Å². The SMILES string of the molecule is O=C(O)c1ccc(C(O)CCCN2CCC(C(O)(c3ccccc3)c3ccccc3)CC2)cc1. The Bertz CT molecular complexity index is 1010. The van der Waals surface area contributed by atoms with Gasteiger partial charge >= 0.3 is 5.97 Å². The quantitative estimate of drug-likeness (QED) is 0.426. The summed E-state index contributed by atoms with van der Waals surface area (Å²) in [6, 6.07) is 26.4. The smallest absolute Gasteiger partial charge is 0.335 e. The van der Waals surface area contributed by atoms with E-state index in [9.17, 15) is 15.0 Å². The summed E-state index contributed by atoms with van der Waals surface area (Å²) >= 11 is 0. The fraction of sp³-hybridized carbons (Fsp3) is 0.345. The van der Waals surface area contributed by atoms with E-state index >= 15 is 0 Å². The summed E-state index contributed by atoms with van der Waals surface area (Å²) < 4.78 is 0. The molecule has 1 saturated heterocycles. The van der Waals surface area contributed by atoms with E-state index in [1.54, 1.807) is 12.1 Å². The van der Waals surface area contributed by atoms with Gasteiger partial charge in [-0.1, -0.05) is 72.8 Å². The Hall–Kier alpha value is -2.99. The largest absolute Gasteiger partial charge is 0.478 e. The van der Waals surface area contributed by atoms with Crippen LogP contribution in [0, 0.1) is 5.92 Å². The third kappa shape index (κ3) is 5.39. The molecular formula is C29H33NO4. The van der Waals surface area contributed by atoms with Crippen LogP contribution in [0.4, 0.5) is 0 Å². The van der Waals surface area contributed by atoms with E-state index in [0.717, 1.165) is 55.6 Å². The van der Waals surface area contributed by atoms with Crippen LogP contribution >= 0.6 is 0 Å². The van der Waals surface area contributed by atoms with Crippen LogP contribution in [0.2, 0.25) is 0 Å². The lowest BCUT2D eigenvalue weighted by Gasteiger charge is -2.42. The molecule has 5 nitrogen and oxygen atoms in total. The molecule has 0 aliphatic carbocycles. The first-order chi connectivity index (χ1) is 16.5. The van der Waals surface area contributed by atoms with Gasteiger partial charge in [0.25, 0.3) is 0 Å². The van der Waals surface area contributed by atoms with Gasteiger partial charge in [0.1, 0.15) is 5.60 Å². The van der Waals surface area contributed by atoms with E-state index in [2.05, 4.69) is 4.90 Å². The Morgan fingerprint density at radius 2 is 1.41 bits per heavy atom. The maximum Gasteiger partial charge on any atom is 0.335 e. The Morgan fingerprint density at radius 1 is 0.882 bits per heavy atom. The lowest BCUT2D eigenvalue weighted by molar-refractivity contribution is -0.0146. The molecule has 1 heterocycles. The maximum absolute atomic E-state index is 12.0. The first kappa shape index (κ1) is 24.1. The van der Waals surface area contributed by atoms with Gasteiger partial charge < -0.3 is 20.2 Å². The highest BCUT2D eigenvalue weighted by atomic mass is 16.4. The lowest BCUT2D eigenvalue weighted by atomic mass is 9.72. The van der Waals surface area contributed by atoms with Crippen molar-refractivity contribution in [3.05, 3.63) is 107 Å².